The predicted molar refractivity (Wildman–Crippen MR) is 271 cm³/mol. The summed E-state index contributed by atoms with van der Waals surface area (Å²) in [7, 11) is 0. The molecule has 0 radical (unpaired) electrons. The van der Waals surface area contributed by atoms with Gasteiger partial charge in [-0.1, -0.05) is 41.5 Å². The molecule has 0 aromatic rings. The van der Waals surface area contributed by atoms with E-state index < -0.39 is 142 Å². The molecule has 12 fully saturated rings. The highest BCUT2D eigenvalue weighted by Gasteiger charge is 2.77. The molecule has 4 aliphatic heterocycles. The number of fused-ring (bicyclic) bond motifs is 4. The van der Waals surface area contributed by atoms with E-state index in [4.69, 9.17) is 37.9 Å². The third-order valence-corrected chi connectivity index (χ3v) is 21.5. The molecule has 452 valence electrons. The lowest BCUT2D eigenvalue weighted by atomic mass is 9.73. The monoisotopic (exact) mass is 1160 g/mol. The molecule has 24 unspecified atom stereocenters. The Bertz CT molecular complexity index is 2710. The lowest BCUT2D eigenvalue weighted by Gasteiger charge is -2.32. The summed E-state index contributed by atoms with van der Waals surface area (Å²) >= 11 is 0. The second-order valence-electron chi connectivity index (χ2n) is 26.3. The minimum absolute atomic E-state index is 0.0828. The van der Waals surface area contributed by atoms with Crippen molar-refractivity contribution in [1.82, 2.24) is 0 Å². The number of ether oxygens (including phenoxy) is 8. The Balaban J connectivity index is 0.000000132. The minimum Gasteiger partial charge on any atom is -0.481 e. The lowest BCUT2D eigenvalue weighted by Crippen LogP contribution is -2.45. The first-order valence-corrected chi connectivity index (χ1v) is 29.0. The SMILES string of the molecule is CCC(C)(C)C(=O)OC1C2CC3C1OC(=O)C3(C(=O)O)C2.CCC(C)(C)C(=O)OC1C2CC3C1OC(=O)C3C2C(=O)O.CCC(C)C(=O)OC1C2CC3C1OC(=O)C3(C(=O)O)C2.CCC(C)C(=O)OC1C2CC3C1OC(=O)C3C2C(=O)O. The number of esters is 8. The molecule has 0 amide bonds. The topological polar surface area (TPSA) is 360 Å². The molecule has 82 heavy (non-hydrogen) atoms. The summed E-state index contributed by atoms with van der Waals surface area (Å²) in [6.07, 6.45) is 1.16. The minimum atomic E-state index is -1.40. The van der Waals surface area contributed by atoms with Crippen LogP contribution in [0.2, 0.25) is 0 Å². The number of carboxylic acid groups (broad SMARTS) is 4. The molecule has 12 rings (SSSR count). The van der Waals surface area contributed by atoms with Gasteiger partial charge in [0.15, 0.2) is 10.8 Å². The van der Waals surface area contributed by atoms with Gasteiger partial charge >= 0.3 is 71.6 Å². The zero-order valence-electron chi connectivity index (χ0n) is 47.7. The van der Waals surface area contributed by atoms with Crippen LogP contribution in [0.5, 0.6) is 0 Å². The summed E-state index contributed by atoms with van der Waals surface area (Å²) in [6, 6.07) is 0. The fourth-order valence-electron chi connectivity index (χ4n) is 15.6. The van der Waals surface area contributed by atoms with E-state index in [0.717, 1.165) is 0 Å². The van der Waals surface area contributed by atoms with Crippen molar-refractivity contribution in [2.45, 2.75) is 182 Å². The molecule has 0 aromatic carbocycles. The molecule has 8 aliphatic carbocycles. The third-order valence-electron chi connectivity index (χ3n) is 21.5. The normalized spacial score (nSPS) is 41.3. The first-order chi connectivity index (χ1) is 38.4. The number of hydrogen-bond donors (Lipinski definition) is 4. The Hall–Kier alpha value is -6.36. The molecular weight excluding hydrogens is 1080 g/mol. The van der Waals surface area contributed by atoms with Gasteiger partial charge in [0.1, 0.15) is 48.8 Å². The average molecular weight is 1160 g/mol. The van der Waals surface area contributed by atoms with Crippen LogP contribution in [0.4, 0.5) is 0 Å². The van der Waals surface area contributed by atoms with E-state index >= 15 is 0 Å². The summed E-state index contributed by atoms with van der Waals surface area (Å²) in [4.78, 5) is 142. The first kappa shape index (κ1) is 60.2. The van der Waals surface area contributed by atoms with Crippen LogP contribution in [0.15, 0.2) is 0 Å². The Morgan fingerprint density at radius 1 is 0.500 bits per heavy atom. The highest BCUT2D eigenvalue weighted by atomic mass is 16.6. The second-order valence-corrected chi connectivity index (χ2v) is 26.3. The van der Waals surface area contributed by atoms with Crippen molar-refractivity contribution in [2.24, 2.45) is 105 Å². The van der Waals surface area contributed by atoms with E-state index in [1.165, 1.54) is 0 Å². The molecule has 24 heteroatoms. The van der Waals surface area contributed by atoms with Crippen molar-refractivity contribution in [3.05, 3.63) is 0 Å². The van der Waals surface area contributed by atoms with Gasteiger partial charge < -0.3 is 58.3 Å². The van der Waals surface area contributed by atoms with Gasteiger partial charge in [0.2, 0.25) is 0 Å². The smallest absolute Gasteiger partial charge is 0.324 e. The van der Waals surface area contributed by atoms with Crippen LogP contribution >= 0.6 is 0 Å². The van der Waals surface area contributed by atoms with Crippen molar-refractivity contribution >= 4 is 71.6 Å². The maximum absolute atomic E-state index is 12.3. The molecule has 4 saturated heterocycles. The summed E-state index contributed by atoms with van der Waals surface area (Å²) in [5.74, 6) is -12.6. The van der Waals surface area contributed by atoms with E-state index in [9.17, 15) is 78.0 Å². The summed E-state index contributed by atoms with van der Waals surface area (Å²) in [5, 5.41) is 37.5. The highest BCUT2D eigenvalue weighted by Crippen LogP contribution is 2.65. The standard InChI is InChI=1S/2C15H20O6.2C14H18O6/c1-4-14(2,3)12(18)20-9-7-5-8-10(9)21-13(19)15(8,6-7)11(16)17;1-4-15(2,3)14(19)21-11-6-5-7-9(8(6)12(16)17)13(18)20-10(7)11;1-3-6(2)11(15)19-9-7-4-8-10(9)20-13(18)14(8,5-7)12(16)17;1-3-5(2)13(17)19-10-6-4-7-9(8(6)12(15)16)14(18)20-11(7)10/h7-10H,4-6H2,1-3H3,(H,16,17);6-11H,4-5H2,1-3H3,(H,16,17);6-10H,3-5H2,1-2H3,(H,16,17);5-11H,3-4H2,1-2H3,(H,15,16). The molecular formula is C58H76O24. The molecule has 12 aliphatic rings. The molecule has 0 aromatic heterocycles. The van der Waals surface area contributed by atoms with Crippen molar-refractivity contribution in [1.29, 1.82) is 0 Å². The maximum Gasteiger partial charge on any atom is 0.324 e. The first-order valence-electron chi connectivity index (χ1n) is 29.0. The Kier molecular flexibility index (Phi) is 15.7. The Morgan fingerprint density at radius 3 is 1.18 bits per heavy atom. The van der Waals surface area contributed by atoms with Gasteiger partial charge in [-0.25, -0.2) is 0 Å². The number of carboxylic acids is 4. The number of aliphatic carboxylic acids is 4. The third kappa shape index (κ3) is 9.19. The van der Waals surface area contributed by atoms with E-state index in [-0.39, 0.29) is 95.9 Å². The van der Waals surface area contributed by atoms with E-state index in [1.54, 1.807) is 27.7 Å². The fourth-order valence-corrected chi connectivity index (χ4v) is 15.6. The van der Waals surface area contributed by atoms with Crippen LogP contribution in [0.3, 0.4) is 0 Å². The van der Waals surface area contributed by atoms with Gasteiger partial charge in [0.25, 0.3) is 0 Å². The number of rotatable bonds is 16. The van der Waals surface area contributed by atoms with Crippen LogP contribution in [-0.4, -0.2) is 141 Å². The molecule has 0 spiro atoms. The van der Waals surface area contributed by atoms with Crippen LogP contribution < -0.4 is 0 Å². The maximum atomic E-state index is 12.3. The average Bonchev–Trinajstić information content (AvgIpc) is 4.13. The summed E-state index contributed by atoms with van der Waals surface area (Å²) < 4.78 is 43.2. The van der Waals surface area contributed by atoms with Crippen molar-refractivity contribution in [3.8, 4) is 0 Å². The molecule has 24 nitrogen and oxygen atoms in total. The van der Waals surface area contributed by atoms with Gasteiger partial charge in [0, 0.05) is 47.3 Å². The van der Waals surface area contributed by atoms with Crippen molar-refractivity contribution in [3.63, 3.8) is 0 Å². The zero-order valence-corrected chi connectivity index (χ0v) is 47.7. The quantitative estimate of drug-likeness (QED) is 0.0944. The largest absolute Gasteiger partial charge is 0.481 e. The summed E-state index contributed by atoms with van der Waals surface area (Å²) in [5.41, 5.74) is -4.01. The van der Waals surface area contributed by atoms with Gasteiger partial charge in [-0.3, -0.25) is 57.5 Å². The van der Waals surface area contributed by atoms with Crippen LogP contribution in [0, 0.1) is 105 Å². The number of hydrogen-bond acceptors (Lipinski definition) is 20. The summed E-state index contributed by atoms with van der Waals surface area (Å²) in [6.45, 7) is 18.4. The van der Waals surface area contributed by atoms with Crippen molar-refractivity contribution < 1.29 is 116 Å². The van der Waals surface area contributed by atoms with Gasteiger partial charge in [-0.05, 0) is 91.9 Å². The van der Waals surface area contributed by atoms with Gasteiger partial charge in [-0.15, -0.1) is 0 Å². The number of carbonyl (C=O) groups excluding carboxylic acids is 8. The van der Waals surface area contributed by atoms with E-state index in [2.05, 4.69) is 0 Å². The number of carbonyl (C=O) groups is 12. The van der Waals surface area contributed by atoms with Gasteiger partial charge in [0.05, 0.1) is 46.3 Å². The van der Waals surface area contributed by atoms with Crippen molar-refractivity contribution in [2.75, 3.05) is 0 Å². The Morgan fingerprint density at radius 2 is 0.841 bits per heavy atom. The fraction of sp³-hybridized carbons (Fsp3) is 0.793. The van der Waals surface area contributed by atoms with Crippen LogP contribution in [0.25, 0.3) is 0 Å². The molecule has 8 bridgehead atoms. The predicted octanol–water partition coefficient (Wildman–Crippen LogP) is 4.41. The molecule has 4 N–H and O–H groups in total. The molecule has 24 atom stereocenters. The Labute approximate surface area is 473 Å². The van der Waals surface area contributed by atoms with Gasteiger partial charge in [-0.2, -0.15) is 0 Å². The van der Waals surface area contributed by atoms with Crippen LogP contribution in [-0.2, 0) is 95.4 Å². The second kappa shape index (κ2) is 21.4. The van der Waals surface area contributed by atoms with E-state index in [0.29, 0.717) is 51.4 Å². The molecule has 8 saturated carbocycles. The lowest BCUT2D eigenvalue weighted by molar-refractivity contribution is -0.173. The van der Waals surface area contributed by atoms with E-state index in [1.807, 2.05) is 41.5 Å². The van der Waals surface area contributed by atoms with Crippen LogP contribution in [0.1, 0.15) is 133 Å². The highest BCUT2D eigenvalue weighted by molar-refractivity contribution is 6.03. The molecule has 4 heterocycles. The zero-order chi connectivity index (χ0) is 60.4.